The van der Waals surface area contributed by atoms with E-state index in [1.807, 2.05) is 28.8 Å². The summed E-state index contributed by atoms with van der Waals surface area (Å²) in [6.45, 7) is 0.543. The molecule has 0 unspecified atom stereocenters. The van der Waals surface area contributed by atoms with Gasteiger partial charge in [0.25, 0.3) is 0 Å². The molecule has 0 bridgehead atoms. The van der Waals surface area contributed by atoms with E-state index in [9.17, 15) is 0 Å². The first-order valence-corrected chi connectivity index (χ1v) is 6.46. The van der Waals surface area contributed by atoms with Crippen molar-refractivity contribution in [2.24, 2.45) is 0 Å². The summed E-state index contributed by atoms with van der Waals surface area (Å²) in [4.78, 5) is 8.58. The molecule has 0 saturated heterocycles. The SMILES string of the molecule is COc1ccccc1Cn1c(N)nc2cc(Cl)cnc21. The zero-order valence-electron chi connectivity index (χ0n) is 10.9. The molecule has 0 amide bonds. The molecule has 0 radical (unpaired) electrons. The van der Waals surface area contributed by atoms with Crippen molar-refractivity contribution in [1.82, 2.24) is 14.5 Å². The number of nitrogen functional groups attached to an aromatic ring is 1. The van der Waals surface area contributed by atoms with E-state index in [1.165, 1.54) is 0 Å². The van der Waals surface area contributed by atoms with Gasteiger partial charge in [0.2, 0.25) is 5.95 Å². The van der Waals surface area contributed by atoms with Crippen molar-refractivity contribution in [3.8, 4) is 5.75 Å². The third-order valence-corrected chi connectivity index (χ3v) is 3.31. The Morgan fingerprint density at radius 1 is 1.35 bits per heavy atom. The van der Waals surface area contributed by atoms with Crippen molar-refractivity contribution in [3.63, 3.8) is 0 Å². The van der Waals surface area contributed by atoms with Crippen molar-refractivity contribution in [2.75, 3.05) is 12.8 Å². The predicted molar refractivity (Wildman–Crippen MR) is 79.0 cm³/mol. The van der Waals surface area contributed by atoms with Crippen LogP contribution in [-0.4, -0.2) is 21.6 Å². The van der Waals surface area contributed by atoms with Crippen LogP contribution in [0.3, 0.4) is 0 Å². The van der Waals surface area contributed by atoms with Gasteiger partial charge in [0.15, 0.2) is 5.65 Å². The summed E-state index contributed by atoms with van der Waals surface area (Å²) >= 11 is 5.92. The fraction of sp³-hybridized carbons (Fsp3) is 0.143. The molecule has 2 heterocycles. The first-order chi connectivity index (χ1) is 9.69. The van der Waals surface area contributed by atoms with Crippen LogP contribution in [0.15, 0.2) is 36.5 Å². The van der Waals surface area contributed by atoms with Crippen LogP contribution < -0.4 is 10.5 Å². The van der Waals surface area contributed by atoms with Crippen LogP contribution >= 0.6 is 11.6 Å². The fourth-order valence-corrected chi connectivity index (χ4v) is 2.32. The molecular formula is C14H13ClN4O. The molecule has 0 aliphatic carbocycles. The topological polar surface area (TPSA) is 66.0 Å². The summed E-state index contributed by atoms with van der Waals surface area (Å²) < 4.78 is 7.19. The molecule has 2 aromatic heterocycles. The number of hydrogen-bond acceptors (Lipinski definition) is 4. The average molecular weight is 289 g/mol. The molecule has 102 valence electrons. The fourth-order valence-electron chi connectivity index (χ4n) is 2.16. The number of methoxy groups -OCH3 is 1. The van der Waals surface area contributed by atoms with Gasteiger partial charge < -0.3 is 10.5 Å². The maximum Gasteiger partial charge on any atom is 0.202 e. The summed E-state index contributed by atoms with van der Waals surface area (Å²) in [6, 6.07) is 9.53. The lowest BCUT2D eigenvalue weighted by Crippen LogP contribution is -2.06. The monoisotopic (exact) mass is 288 g/mol. The van der Waals surface area contributed by atoms with E-state index in [0.29, 0.717) is 28.7 Å². The Hall–Kier alpha value is -2.27. The minimum Gasteiger partial charge on any atom is -0.496 e. The average Bonchev–Trinajstić information content (AvgIpc) is 2.75. The quantitative estimate of drug-likeness (QED) is 0.805. The number of ether oxygens (including phenoxy) is 1. The third-order valence-electron chi connectivity index (χ3n) is 3.10. The molecule has 0 aliphatic heterocycles. The van der Waals surface area contributed by atoms with Gasteiger partial charge in [-0.05, 0) is 12.1 Å². The van der Waals surface area contributed by atoms with Crippen molar-refractivity contribution >= 4 is 28.7 Å². The lowest BCUT2D eigenvalue weighted by atomic mass is 10.2. The second kappa shape index (κ2) is 5.02. The summed E-state index contributed by atoms with van der Waals surface area (Å²) in [7, 11) is 1.65. The maximum atomic E-state index is 5.97. The zero-order valence-corrected chi connectivity index (χ0v) is 11.6. The van der Waals surface area contributed by atoms with E-state index in [2.05, 4.69) is 9.97 Å². The first kappa shape index (κ1) is 12.7. The van der Waals surface area contributed by atoms with Gasteiger partial charge in [-0.25, -0.2) is 9.97 Å². The molecule has 0 aliphatic rings. The van der Waals surface area contributed by atoms with Crippen LogP contribution in [0, 0.1) is 0 Å². The Balaban J connectivity index is 2.08. The van der Waals surface area contributed by atoms with Crippen LogP contribution in [-0.2, 0) is 6.54 Å². The number of hydrogen-bond donors (Lipinski definition) is 1. The van der Waals surface area contributed by atoms with Crippen LogP contribution in [0.2, 0.25) is 5.02 Å². The molecular weight excluding hydrogens is 276 g/mol. The summed E-state index contributed by atoms with van der Waals surface area (Å²) in [5.41, 5.74) is 8.37. The zero-order chi connectivity index (χ0) is 14.1. The largest absolute Gasteiger partial charge is 0.496 e. The van der Waals surface area contributed by atoms with Gasteiger partial charge in [-0.15, -0.1) is 0 Å². The second-order valence-corrected chi connectivity index (χ2v) is 4.80. The number of halogens is 1. The van der Waals surface area contributed by atoms with Gasteiger partial charge in [0.05, 0.1) is 18.7 Å². The van der Waals surface area contributed by atoms with Crippen LogP contribution in [0.5, 0.6) is 5.75 Å². The number of para-hydroxylation sites is 1. The van der Waals surface area contributed by atoms with Crippen molar-refractivity contribution in [1.29, 1.82) is 0 Å². The molecule has 6 heteroatoms. The van der Waals surface area contributed by atoms with E-state index < -0.39 is 0 Å². The molecule has 2 N–H and O–H groups in total. The molecule has 0 saturated carbocycles. The van der Waals surface area contributed by atoms with Gasteiger partial charge in [0, 0.05) is 11.8 Å². The highest BCUT2D eigenvalue weighted by Gasteiger charge is 2.12. The van der Waals surface area contributed by atoms with Gasteiger partial charge >= 0.3 is 0 Å². The van der Waals surface area contributed by atoms with E-state index in [0.717, 1.165) is 11.3 Å². The highest BCUT2D eigenvalue weighted by molar-refractivity contribution is 6.31. The predicted octanol–water partition coefficient (Wildman–Crippen LogP) is 2.72. The highest BCUT2D eigenvalue weighted by Crippen LogP contribution is 2.24. The number of anilines is 1. The summed E-state index contributed by atoms with van der Waals surface area (Å²) in [5.74, 6) is 1.21. The number of rotatable bonds is 3. The van der Waals surface area contributed by atoms with Gasteiger partial charge in [-0.3, -0.25) is 4.57 Å². The normalized spacial score (nSPS) is 10.9. The molecule has 0 fully saturated rings. The van der Waals surface area contributed by atoms with E-state index in [1.54, 1.807) is 19.4 Å². The Labute approximate surface area is 121 Å². The Bertz CT molecular complexity index is 769. The molecule has 5 nitrogen and oxygen atoms in total. The number of aromatic nitrogens is 3. The molecule has 20 heavy (non-hydrogen) atoms. The Kier molecular flexibility index (Phi) is 3.20. The minimum absolute atomic E-state index is 0.403. The molecule has 3 rings (SSSR count). The number of fused-ring (bicyclic) bond motifs is 1. The Morgan fingerprint density at radius 3 is 2.95 bits per heavy atom. The standard InChI is InChI=1S/C14H13ClN4O/c1-20-12-5-3-2-4-9(12)8-19-13-11(18-14(19)16)6-10(15)7-17-13/h2-7H,8H2,1H3,(H2,16,18). The number of pyridine rings is 1. The minimum atomic E-state index is 0.403. The number of nitrogens with zero attached hydrogens (tertiary/aromatic N) is 3. The Morgan fingerprint density at radius 2 is 2.15 bits per heavy atom. The van der Waals surface area contributed by atoms with E-state index in [-0.39, 0.29) is 0 Å². The van der Waals surface area contributed by atoms with Crippen LogP contribution in [0.1, 0.15) is 5.56 Å². The van der Waals surface area contributed by atoms with Crippen molar-refractivity contribution in [2.45, 2.75) is 6.54 Å². The molecule has 0 spiro atoms. The molecule has 3 aromatic rings. The smallest absolute Gasteiger partial charge is 0.202 e. The number of imidazole rings is 1. The maximum absolute atomic E-state index is 5.97. The third kappa shape index (κ3) is 2.16. The highest BCUT2D eigenvalue weighted by atomic mass is 35.5. The van der Waals surface area contributed by atoms with Gasteiger partial charge in [-0.1, -0.05) is 29.8 Å². The molecule has 0 atom stereocenters. The summed E-state index contributed by atoms with van der Waals surface area (Å²) in [5, 5.41) is 0.541. The second-order valence-electron chi connectivity index (χ2n) is 4.36. The number of nitrogens with two attached hydrogens (primary N) is 1. The lowest BCUT2D eigenvalue weighted by molar-refractivity contribution is 0.408. The van der Waals surface area contributed by atoms with Gasteiger partial charge in [-0.2, -0.15) is 0 Å². The van der Waals surface area contributed by atoms with Gasteiger partial charge in [0.1, 0.15) is 11.3 Å². The van der Waals surface area contributed by atoms with Crippen LogP contribution in [0.4, 0.5) is 5.95 Å². The van der Waals surface area contributed by atoms with E-state index in [4.69, 9.17) is 22.1 Å². The number of benzene rings is 1. The van der Waals surface area contributed by atoms with Crippen LogP contribution in [0.25, 0.3) is 11.2 Å². The first-order valence-electron chi connectivity index (χ1n) is 6.08. The van der Waals surface area contributed by atoms with Crippen molar-refractivity contribution in [3.05, 3.63) is 47.1 Å². The lowest BCUT2D eigenvalue weighted by Gasteiger charge is -2.10. The molecule has 1 aromatic carbocycles. The van der Waals surface area contributed by atoms with Crippen molar-refractivity contribution < 1.29 is 4.74 Å². The van der Waals surface area contributed by atoms with E-state index >= 15 is 0 Å². The summed E-state index contributed by atoms with van der Waals surface area (Å²) in [6.07, 6.45) is 1.59.